The maximum Gasteiger partial charge on any atom is 0.0522 e. The molecule has 0 aliphatic rings. The summed E-state index contributed by atoms with van der Waals surface area (Å²) < 4.78 is 7.24. The van der Waals surface area contributed by atoms with E-state index in [0.717, 1.165) is 32.6 Å². The van der Waals surface area contributed by atoms with Crippen molar-refractivity contribution in [1.82, 2.24) is 15.1 Å². The van der Waals surface area contributed by atoms with Gasteiger partial charge < -0.3 is 10.1 Å². The Labute approximate surface area is 98.0 Å². The Bertz CT molecular complexity index is 286. The molecule has 0 bridgehead atoms. The van der Waals surface area contributed by atoms with Crippen molar-refractivity contribution in [2.45, 2.75) is 32.7 Å². The second kappa shape index (κ2) is 7.41. The van der Waals surface area contributed by atoms with Crippen LogP contribution in [-0.4, -0.2) is 35.6 Å². The third-order valence-corrected chi connectivity index (χ3v) is 2.55. The largest absolute Gasteiger partial charge is 0.382 e. The van der Waals surface area contributed by atoms with E-state index < -0.39 is 0 Å². The molecule has 0 saturated heterocycles. The van der Waals surface area contributed by atoms with E-state index in [0.29, 0.717) is 6.04 Å². The van der Waals surface area contributed by atoms with Gasteiger partial charge in [0.1, 0.15) is 0 Å². The van der Waals surface area contributed by atoms with Crippen LogP contribution < -0.4 is 5.32 Å². The van der Waals surface area contributed by atoms with Gasteiger partial charge in [-0.1, -0.05) is 6.92 Å². The van der Waals surface area contributed by atoms with Gasteiger partial charge in [-0.05, 0) is 31.9 Å². The van der Waals surface area contributed by atoms with E-state index in [1.165, 1.54) is 5.56 Å². The van der Waals surface area contributed by atoms with Crippen LogP contribution in [-0.2, 0) is 18.2 Å². The highest BCUT2D eigenvalue weighted by atomic mass is 16.5. The average Bonchev–Trinajstić information content (AvgIpc) is 2.65. The highest BCUT2D eigenvalue weighted by molar-refractivity contribution is 5.05. The molecule has 4 heteroatoms. The van der Waals surface area contributed by atoms with Gasteiger partial charge in [-0.3, -0.25) is 4.68 Å². The standard InChI is InChI=1S/C12H23N3O/c1-4-13-12(6-7-16-5-2)8-11-9-14-15(3)10-11/h9-10,12-13H,4-8H2,1-3H3. The minimum Gasteiger partial charge on any atom is -0.382 e. The summed E-state index contributed by atoms with van der Waals surface area (Å²) in [4.78, 5) is 0. The van der Waals surface area contributed by atoms with Crippen LogP contribution in [0.25, 0.3) is 0 Å². The average molecular weight is 225 g/mol. The fourth-order valence-corrected chi connectivity index (χ4v) is 1.80. The van der Waals surface area contributed by atoms with Gasteiger partial charge in [-0.15, -0.1) is 0 Å². The maximum atomic E-state index is 5.39. The van der Waals surface area contributed by atoms with Crippen molar-refractivity contribution < 1.29 is 4.74 Å². The van der Waals surface area contributed by atoms with Gasteiger partial charge in [-0.2, -0.15) is 5.10 Å². The van der Waals surface area contributed by atoms with E-state index in [1.54, 1.807) is 0 Å². The van der Waals surface area contributed by atoms with Crippen molar-refractivity contribution in [3.63, 3.8) is 0 Å². The molecule has 0 spiro atoms. The fraction of sp³-hybridized carbons (Fsp3) is 0.750. The van der Waals surface area contributed by atoms with Gasteiger partial charge in [0.15, 0.2) is 0 Å². The van der Waals surface area contributed by atoms with Crippen LogP contribution in [0.1, 0.15) is 25.8 Å². The summed E-state index contributed by atoms with van der Waals surface area (Å²) >= 11 is 0. The zero-order chi connectivity index (χ0) is 11.8. The maximum absolute atomic E-state index is 5.39. The summed E-state index contributed by atoms with van der Waals surface area (Å²) in [6.45, 7) is 6.79. The van der Waals surface area contributed by atoms with Crippen LogP contribution in [0.4, 0.5) is 0 Å². The molecule has 0 saturated carbocycles. The lowest BCUT2D eigenvalue weighted by atomic mass is 10.1. The summed E-state index contributed by atoms with van der Waals surface area (Å²) in [7, 11) is 1.95. The summed E-state index contributed by atoms with van der Waals surface area (Å²) in [6, 6.07) is 0.487. The Balaban J connectivity index is 2.37. The number of aromatic nitrogens is 2. The zero-order valence-electron chi connectivity index (χ0n) is 10.6. The molecule has 0 aliphatic heterocycles. The van der Waals surface area contributed by atoms with Crippen LogP contribution >= 0.6 is 0 Å². The van der Waals surface area contributed by atoms with Gasteiger partial charge in [-0.25, -0.2) is 0 Å². The normalized spacial score (nSPS) is 12.9. The smallest absolute Gasteiger partial charge is 0.0522 e. The van der Waals surface area contributed by atoms with Crippen LogP contribution in [0.2, 0.25) is 0 Å². The predicted molar refractivity (Wildman–Crippen MR) is 65.5 cm³/mol. The quantitative estimate of drug-likeness (QED) is 0.679. The molecule has 0 aromatic carbocycles. The minimum absolute atomic E-state index is 0.487. The summed E-state index contributed by atoms with van der Waals surface area (Å²) in [6.07, 6.45) is 6.08. The first-order valence-electron chi connectivity index (χ1n) is 6.04. The number of rotatable bonds is 8. The lowest BCUT2D eigenvalue weighted by Crippen LogP contribution is -2.32. The molecule has 1 unspecified atom stereocenters. The molecule has 16 heavy (non-hydrogen) atoms. The van der Waals surface area contributed by atoms with Crippen LogP contribution in [0.5, 0.6) is 0 Å². The van der Waals surface area contributed by atoms with Crippen molar-refractivity contribution >= 4 is 0 Å². The highest BCUT2D eigenvalue weighted by Gasteiger charge is 2.09. The van der Waals surface area contributed by atoms with Gasteiger partial charge >= 0.3 is 0 Å². The molecule has 92 valence electrons. The molecule has 0 aliphatic carbocycles. The predicted octanol–water partition coefficient (Wildman–Crippen LogP) is 1.37. The molecule has 0 amide bonds. The van der Waals surface area contributed by atoms with Crippen molar-refractivity contribution in [3.8, 4) is 0 Å². The summed E-state index contributed by atoms with van der Waals surface area (Å²) in [5.41, 5.74) is 1.28. The molecule has 1 aromatic heterocycles. The third kappa shape index (κ3) is 4.77. The van der Waals surface area contributed by atoms with Gasteiger partial charge in [0.05, 0.1) is 6.20 Å². The summed E-state index contributed by atoms with van der Waals surface area (Å²) in [5.74, 6) is 0. The number of hydrogen-bond acceptors (Lipinski definition) is 3. The number of hydrogen-bond donors (Lipinski definition) is 1. The first-order valence-corrected chi connectivity index (χ1v) is 6.04. The van der Waals surface area contributed by atoms with Gasteiger partial charge in [0.25, 0.3) is 0 Å². The minimum atomic E-state index is 0.487. The molecular weight excluding hydrogens is 202 g/mol. The van der Waals surface area contributed by atoms with E-state index in [4.69, 9.17) is 4.74 Å². The van der Waals surface area contributed by atoms with Gasteiger partial charge in [0.2, 0.25) is 0 Å². The fourth-order valence-electron chi connectivity index (χ4n) is 1.80. The number of likely N-dealkylation sites (N-methyl/N-ethyl adjacent to an activating group) is 1. The molecule has 1 heterocycles. The van der Waals surface area contributed by atoms with Crippen LogP contribution in [0, 0.1) is 0 Å². The molecule has 1 rings (SSSR count). The van der Waals surface area contributed by atoms with Crippen molar-refractivity contribution in [2.24, 2.45) is 7.05 Å². The van der Waals surface area contributed by atoms with E-state index >= 15 is 0 Å². The Morgan fingerprint density at radius 3 is 2.88 bits per heavy atom. The van der Waals surface area contributed by atoms with E-state index in [1.807, 2.05) is 24.9 Å². The molecule has 4 nitrogen and oxygen atoms in total. The number of nitrogens with one attached hydrogen (secondary N) is 1. The lowest BCUT2D eigenvalue weighted by Gasteiger charge is -2.16. The SMILES string of the molecule is CCNC(CCOCC)Cc1cnn(C)c1. The molecule has 1 aromatic rings. The second-order valence-electron chi connectivity index (χ2n) is 3.97. The lowest BCUT2D eigenvalue weighted by molar-refractivity contribution is 0.136. The second-order valence-corrected chi connectivity index (χ2v) is 3.97. The molecule has 0 radical (unpaired) electrons. The zero-order valence-corrected chi connectivity index (χ0v) is 10.6. The Morgan fingerprint density at radius 1 is 1.50 bits per heavy atom. The number of nitrogens with zero attached hydrogens (tertiary/aromatic N) is 2. The number of ether oxygens (including phenoxy) is 1. The van der Waals surface area contributed by atoms with Crippen molar-refractivity contribution in [3.05, 3.63) is 18.0 Å². The van der Waals surface area contributed by atoms with Crippen LogP contribution in [0.3, 0.4) is 0 Å². The van der Waals surface area contributed by atoms with E-state index in [-0.39, 0.29) is 0 Å². The third-order valence-electron chi connectivity index (χ3n) is 2.55. The van der Waals surface area contributed by atoms with E-state index in [9.17, 15) is 0 Å². The van der Waals surface area contributed by atoms with Gasteiger partial charge in [0, 0.05) is 32.5 Å². The van der Waals surface area contributed by atoms with Crippen molar-refractivity contribution in [2.75, 3.05) is 19.8 Å². The van der Waals surface area contributed by atoms with Crippen molar-refractivity contribution in [1.29, 1.82) is 0 Å². The molecular formula is C12H23N3O. The highest BCUT2D eigenvalue weighted by Crippen LogP contribution is 2.05. The molecule has 1 atom stereocenters. The van der Waals surface area contributed by atoms with Crippen LogP contribution in [0.15, 0.2) is 12.4 Å². The Morgan fingerprint density at radius 2 is 2.31 bits per heavy atom. The first-order chi connectivity index (χ1) is 7.76. The monoisotopic (exact) mass is 225 g/mol. The summed E-state index contributed by atoms with van der Waals surface area (Å²) in [5, 5.41) is 7.67. The number of aryl methyl sites for hydroxylation is 1. The topological polar surface area (TPSA) is 39.1 Å². The Hall–Kier alpha value is -0.870. The van der Waals surface area contributed by atoms with E-state index in [2.05, 4.69) is 23.5 Å². The first kappa shape index (κ1) is 13.2. The molecule has 1 N–H and O–H groups in total. The Kier molecular flexibility index (Phi) is 6.11. The molecule has 0 fully saturated rings.